The molecule has 0 fully saturated rings. The lowest BCUT2D eigenvalue weighted by atomic mass is 10.2. The zero-order valence-electron chi connectivity index (χ0n) is 14.2. The fourth-order valence-electron chi connectivity index (χ4n) is 2.44. The molecule has 3 aromatic rings. The van der Waals surface area contributed by atoms with E-state index in [0.29, 0.717) is 22.7 Å². The van der Waals surface area contributed by atoms with Gasteiger partial charge in [0.15, 0.2) is 5.69 Å². The molecule has 2 aromatic carbocycles. The van der Waals surface area contributed by atoms with Crippen molar-refractivity contribution in [1.82, 2.24) is 9.78 Å². The normalized spacial score (nSPS) is 10.9. The van der Waals surface area contributed by atoms with Crippen LogP contribution < -0.4 is 5.73 Å². The van der Waals surface area contributed by atoms with Gasteiger partial charge < -0.3 is 5.73 Å². The highest BCUT2D eigenvalue weighted by Gasteiger charge is 2.32. The molecule has 0 aliphatic carbocycles. The maximum absolute atomic E-state index is 12.9. The molecule has 29 heavy (non-hydrogen) atoms. The summed E-state index contributed by atoms with van der Waals surface area (Å²) in [6, 6.07) is 9.94. The van der Waals surface area contributed by atoms with Gasteiger partial charge in [-0.05, 0) is 30.3 Å². The van der Waals surface area contributed by atoms with Gasteiger partial charge in [-0.15, -0.1) is 0 Å². The van der Waals surface area contributed by atoms with Crippen molar-refractivity contribution in [2.45, 2.75) is 6.18 Å². The molecule has 2 N–H and O–H groups in total. The summed E-state index contributed by atoms with van der Waals surface area (Å²) in [6.45, 7) is 0. The van der Waals surface area contributed by atoms with Crippen LogP contribution in [0.2, 0.25) is 15.1 Å². The molecule has 10 heteroatoms. The lowest BCUT2D eigenvalue weighted by Gasteiger charge is -2.13. The third-order valence-corrected chi connectivity index (χ3v) is 4.55. The van der Waals surface area contributed by atoms with Gasteiger partial charge in [0.2, 0.25) is 0 Å². The van der Waals surface area contributed by atoms with Crippen molar-refractivity contribution in [3.05, 3.63) is 73.9 Å². The van der Waals surface area contributed by atoms with Crippen molar-refractivity contribution in [2.75, 3.05) is 5.73 Å². The molecule has 0 spiro atoms. The van der Waals surface area contributed by atoms with Crippen LogP contribution in [0.25, 0.3) is 5.69 Å². The molecule has 3 rings (SSSR count). The number of benzene rings is 2. The van der Waals surface area contributed by atoms with Crippen molar-refractivity contribution in [3.63, 3.8) is 0 Å². The van der Waals surface area contributed by atoms with Crippen LogP contribution in [-0.4, -0.2) is 9.78 Å². The van der Waals surface area contributed by atoms with Crippen LogP contribution in [0.5, 0.6) is 0 Å². The van der Waals surface area contributed by atoms with Crippen LogP contribution in [0.1, 0.15) is 22.4 Å². The first-order chi connectivity index (χ1) is 13.6. The Morgan fingerprint density at radius 1 is 1.03 bits per heavy atom. The molecule has 0 saturated heterocycles. The first kappa shape index (κ1) is 20.9. The van der Waals surface area contributed by atoms with E-state index in [0.717, 1.165) is 4.68 Å². The number of nitrogens with zero attached hydrogens (tertiary/aromatic N) is 3. The third kappa shape index (κ3) is 4.28. The molecule has 0 atom stereocenters. The van der Waals surface area contributed by atoms with Gasteiger partial charge in [-0.1, -0.05) is 52.7 Å². The standard InChI is InChI=1S/C19H8Cl3F3N4/c20-12-3-1-2-10(6-12)4-5-13-16(9-26)28-29(18(13)27)17-14(21)7-11(8-15(17)22)19(23,24)25/h1-3,6-8H,27H2. The fourth-order valence-corrected chi connectivity index (χ4v) is 3.27. The van der Waals surface area contributed by atoms with Crippen LogP contribution in [0.15, 0.2) is 36.4 Å². The van der Waals surface area contributed by atoms with Gasteiger partial charge in [0.05, 0.1) is 15.6 Å². The van der Waals surface area contributed by atoms with E-state index in [4.69, 9.17) is 40.5 Å². The molecule has 0 saturated carbocycles. The lowest BCUT2D eigenvalue weighted by molar-refractivity contribution is -0.137. The smallest absolute Gasteiger partial charge is 0.383 e. The minimum atomic E-state index is -4.63. The second-order valence-corrected chi connectivity index (χ2v) is 6.93. The van der Waals surface area contributed by atoms with E-state index in [2.05, 4.69) is 16.9 Å². The van der Waals surface area contributed by atoms with Gasteiger partial charge in [-0.3, -0.25) is 0 Å². The molecule has 0 amide bonds. The van der Waals surface area contributed by atoms with E-state index in [-0.39, 0.29) is 32.8 Å². The van der Waals surface area contributed by atoms with Crippen molar-refractivity contribution >= 4 is 40.6 Å². The number of nitrogen functional groups attached to an aromatic ring is 1. The SMILES string of the molecule is N#Cc1nn(-c2c(Cl)cc(C(F)(F)F)cc2Cl)c(N)c1C#Cc1cccc(Cl)c1. The molecular formula is C19H8Cl3F3N4. The van der Waals surface area contributed by atoms with Gasteiger partial charge in [0.25, 0.3) is 0 Å². The number of nitrogens with two attached hydrogens (primary N) is 1. The quantitative estimate of drug-likeness (QED) is 0.478. The Morgan fingerprint density at radius 3 is 2.24 bits per heavy atom. The lowest BCUT2D eigenvalue weighted by Crippen LogP contribution is -2.08. The van der Waals surface area contributed by atoms with Gasteiger partial charge in [-0.25, -0.2) is 4.68 Å². The minimum absolute atomic E-state index is 0.0829. The van der Waals surface area contributed by atoms with E-state index < -0.39 is 11.7 Å². The number of nitriles is 1. The Kier molecular flexibility index (Phi) is 5.68. The third-order valence-electron chi connectivity index (χ3n) is 3.74. The van der Waals surface area contributed by atoms with E-state index in [1.54, 1.807) is 24.3 Å². The van der Waals surface area contributed by atoms with Crippen LogP contribution >= 0.6 is 34.8 Å². The first-order valence-corrected chi connectivity index (χ1v) is 8.88. The summed E-state index contributed by atoms with van der Waals surface area (Å²) >= 11 is 17.9. The Bertz CT molecular complexity index is 1190. The van der Waals surface area contributed by atoms with E-state index >= 15 is 0 Å². The number of hydrogen-bond donors (Lipinski definition) is 1. The number of halogens is 6. The van der Waals surface area contributed by atoms with Gasteiger partial charge in [0.1, 0.15) is 23.1 Å². The van der Waals surface area contributed by atoms with Crippen molar-refractivity contribution in [1.29, 1.82) is 5.26 Å². The Balaban J connectivity index is 2.14. The molecule has 4 nitrogen and oxygen atoms in total. The van der Waals surface area contributed by atoms with E-state index in [1.165, 1.54) is 0 Å². The molecule has 0 bridgehead atoms. The monoisotopic (exact) mass is 454 g/mol. The second-order valence-electron chi connectivity index (χ2n) is 5.68. The fraction of sp³-hybridized carbons (Fsp3) is 0.0526. The molecule has 1 heterocycles. The maximum Gasteiger partial charge on any atom is 0.416 e. The minimum Gasteiger partial charge on any atom is -0.383 e. The summed E-state index contributed by atoms with van der Waals surface area (Å²) < 4.78 is 39.8. The molecule has 0 unspecified atom stereocenters. The molecule has 1 aromatic heterocycles. The highest BCUT2D eigenvalue weighted by Crippen LogP contribution is 2.38. The van der Waals surface area contributed by atoms with Gasteiger partial charge in [-0.2, -0.15) is 23.5 Å². The summed E-state index contributed by atoms with van der Waals surface area (Å²) in [5.41, 5.74) is 5.45. The number of rotatable bonds is 1. The average Bonchev–Trinajstić information content (AvgIpc) is 2.94. The highest BCUT2D eigenvalue weighted by molar-refractivity contribution is 6.38. The van der Waals surface area contributed by atoms with Crippen molar-refractivity contribution in [2.24, 2.45) is 0 Å². The van der Waals surface area contributed by atoms with Crippen LogP contribution in [0.4, 0.5) is 19.0 Å². The molecule has 146 valence electrons. The predicted octanol–water partition coefficient (Wildman–Crippen LogP) is 5.70. The van der Waals surface area contributed by atoms with E-state index in [9.17, 15) is 18.4 Å². The average molecular weight is 456 g/mol. The molecule has 0 radical (unpaired) electrons. The maximum atomic E-state index is 12.9. The Labute approximate surface area is 178 Å². The predicted molar refractivity (Wildman–Crippen MR) is 105 cm³/mol. The molecule has 0 aliphatic heterocycles. The van der Waals surface area contributed by atoms with Gasteiger partial charge in [0, 0.05) is 10.6 Å². The number of hydrogen-bond acceptors (Lipinski definition) is 3. The van der Waals surface area contributed by atoms with E-state index in [1.807, 2.05) is 6.07 Å². The van der Waals surface area contributed by atoms with Crippen LogP contribution in [0.3, 0.4) is 0 Å². The van der Waals surface area contributed by atoms with Crippen LogP contribution in [-0.2, 0) is 6.18 Å². The highest BCUT2D eigenvalue weighted by atomic mass is 35.5. The Morgan fingerprint density at radius 2 is 1.69 bits per heavy atom. The van der Waals surface area contributed by atoms with Gasteiger partial charge >= 0.3 is 6.18 Å². The first-order valence-electron chi connectivity index (χ1n) is 7.74. The second kappa shape index (κ2) is 7.88. The zero-order chi connectivity index (χ0) is 21.3. The molecule has 0 aliphatic rings. The summed E-state index contributed by atoms with van der Waals surface area (Å²) in [5.74, 6) is 5.44. The van der Waals surface area contributed by atoms with Crippen molar-refractivity contribution < 1.29 is 13.2 Å². The zero-order valence-corrected chi connectivity index (χ0v) is 16.4. The summed E-state index contributed by atoms with van der Waals surface area (Å²) in [4.78, 5) is 0. The Hall–Kier alpha value is -2.84. The van der Waals surface area contributed by atoms with Crippen molar-refractivity contribution in [3.8, 4) is 23.6 Å². The number of alkyl halides is 3. The molecular weight excluding hydrogens is 448 g/mol. The summed E-state index contributed by atoms with van der Waals surface area (Å²) in [5, 5.41) is 13.1. The number of anilines is 1. The topological polar surface area (TPSA) is 67.6 Å². The van der Waals surface area contributed by atoms with Crippen LogP contribution in [0, 0.1) is 23.2 Å². The largest absolute Gasteiger partial charge is 0.416 e. The summed E-state index contributed by atoms with van der Waals surface area (Å²) in [6.07, 6.45) is -4.63. The number of aromatic nitrogens is 2. The summed E-state index contributed by atoms with van der Waals surface area (Å²) in [7, 11) is 0.